The summed E-state index contributed by atoms with van der Waals surface area (Å²) in [4.78, 5) is 66.6. The first-order valence-corrected chi connectivity index (χ1v) is 29.2. The van der Waals surface area contributed by atoms with Gasteiger partial charge in [0.1, 0.15) is 68.5 Å². The Morgan fingerprint density at radius 1 is 0.511 bits per heavy atom. The van der Waals surface area contributed by atoms with Gasteiger partial charge in [-0.2, -0.15) is 24.9 Å². The number of nitrogens with zero attached hydrogens (tertiary/aromatic N) is 14. The van der Waals surface area contributed by atoms with Crippen molar-refractivity contribution in [2.45, 2.75) is 52.7 Å². The molecule has 2 N–H and O–H groups in total. The SMILES string of the molecule is CN(C)c1cc(Cl)nc(N2CCN(C(=O)OC(C)(C)C)CC2)n1.CN(C)c1cc(Oc2ccc(F)cc2)nc(N2CCN(C(=O)OC(C)(C)C)CC2)n1.CN(C)c1cc(Oc2ccc(F)cc2)nc(N2CCNCC2)n1.Cl.ClCCl.Oc1ccc(F)cc1. The molecule has 3 saturated heterocycles. The molecule has 88 heavy (non-hydrogen) atoms. The van der Waals surface area contributed by atoms with Crippen LogP contribution in [0.2, 0.25) is 5.15 Å². The number of rotatable bonds is 10. The van der Waals surface area contributed by atoms with Crippen LogP contribution in [0.3, 0.4) is 0 Å². The first-order valence-electron chi connectivity index (χ1n) is 27.8. The minimum absolute atomic E-state index is 0. The van der Waals surface area contributed by atoms with Gasteiger partial charge in [0, 0.05) is 139 Å². The number of hydrogen-bond donors (Lipinski definition) is 2. The Hall–Kier alpha value is -7.45. The maximum atomic E-state index is 13.2. The highest BCUT2D eigenvalue weighted by molar-refractivity contribution is 6.40. The Morgan fingerprint density at radius 2 is 0.818 bits per heavy atom. The summed E-state index contributed by atoms with van der Waals surface area (Å²) in [6, 6.07) is 21.9. The van der Waals surface area contributed by atoms with E-state index >= 15 is 0 Å². The predicted octanol–water partition coefficient (Wildman–Crippen LogP) is 11.0. The third kappa shape index (κ3) is 25.3. The molecule has 6 heterocycles. The maximum Gasteiger partial charge on any atom is 0.410 e. The van der Waals surface area contributed by atoms with E-state index in [1.165, 1.54) is 48.5 Å². The lowest BCUT2D eigenvalue weighted by molar-refractivity contribution is 0.0229. The largest absolute Gasteiger partial charge is 0.508 e. The number of piperazine rings is 3. The molecule has 2 amide bonds. The number of nitrogens with one attached hydrogen (secondary N) is 1. The molecule has 3 aliphatic heterocycles. The van der Waals surface area contributed by atoms with Gasteiger partial charge < -0.3 is 68.6 Å². The summed E-state index contributed by atoms with van der Waals surface area (Å²) in [5.41, 5.74) is -1.01. The maximum absolute atomic E-state index is 13.2. The number of phenols is 1. The molecule has 3 aromatic heterocycles. The topological polar surface area (TPSA) is 207 Å². The molecule has 0 bridgehead atoms. The molecule has 3 aliphatic rings. The van der Waals surface area contributed by atoms with E-state index in [0.29, 0.717) is 104 Å². The summed E-state index contributed by atoms with van der Waals surface area (Å²) >= 11 is 15.6. The molecule has 0 aliphatic carbocycles. The summed E-state index contributed by atoms with van der Waals surface area (Å²) in [7, 11) is 11.4. The quantitative estimate of drug-likeness (QED) is 0.0966. The number of alkyl halides is 2. The van der Waals surface area contributed by atoms with Crippen LogP contribution in [0.15, 0.2) is 91.0 Å². The van der Waals surface area contributed by atoms with Crippen LogP contribution < -0.4 is 44.2 Å². The monoisotopic (exact) mass is 1310 g/mol. The molecule has 0 radical (unpaired) electrons. The fourth-order valence-electron chi connectivity index (χ4n) is 7.80. The average molecular weight is 1310 g/mol. The third-order valence-corrected chi connectivity index (χ3v) is 12.3. The lowest BCUT2D eigenvalue weighted by Gasteiger charge is -2.35. The summed E-state index contributed by atoms with van der Waals surface area (Å²) < 4.78 is 60.6. The first kappa shape index (κ1) is 73.0. The molecule has 6 aromatic rings. The van der Waals surface area contributed by atoms with Crippen molar-refractivity contribution in [3.8, 4) is 29.0 Å². The van der Waals surface area contributed by atoms with Gasteiger partial charge in [0.15, 0.2) is 0 Å². The van der Waals surface area contributed by atoms with Crippen molar-refractivity contribution in [2.75, 3.05) is 156 Å². The van der Waals surface area contributed by atoms with Crippen LogP contribution in [0.25, 0.3) is 0 Å². The molecule has 29 heteroatoms. The van der Waals surface area contributed by atoms with Gasteiger partial charge in [-0.05, 0) is 114 Å². The van der Waals surface area contributed by atoms with E-state index in [-0.39, 0.29) is 53.1 Å². The number of carbonyl (C=O) groups is 2. The fourth-order valence-corrected chi connectivity index (χ4v) is 7.97. The highest BCUT2D eigenvalue weighted by Crippen LogP contribution is 2.29. The van der Waals surface area contributed by atoms with Crippen molar-refractivity contribution in [1.29, 1.82) is 0 Å². The molecule has 0 spiro atoms. The number of ether oxygens (including phenoxy) is 4. The highest BCUT2D eigenvalue weighted by atomic mass is 35.5. The number of phenolic OH excluding ortho intramolecular Hbond substituents is 1. The molecule has 482 valence electrons. The number of aromatic nitrogens is 6. The van der Waals surface area contributed by atoms with Crippen molar-refractivity contribution in [1.82, 2.24) is 45.0 Å². The second kappa shape index (κ2) is 34.9. The standard InChI is InChI=1S/C21H28FN5O3.C16H20FN5O.C15H24ClN5O2.C6H5FO.CH2Cl2.ClH/c1-21(2,3)30-20(28)27-12-10-26(11-13-27)19-23-17(25(4)5)14-18(24-19)29-16-8-6-15(22)7-9-16;1-21(2)14-11-15(23-13-5-3-12(17)4-6-13)20-16(19-14)22-9-7-18-8-10-22;1-15(2,3)23-14(22)21-8-6-20(7-9-21)13-17-11(16)10-12(18-13)19(4)5;7-5-1-3-6(8)4-2-5;2-1-3;/h6-9,14H,10-13H2,1-5H3;3-6,11,18H,7-10H2,1-2H3;10H,6-9H2,1-5H3;1-4,8H;1H2;1H. The lowest BCUT2D eigenvalue weighted by atomic mass is 10.2. The average Bonchev–Trinajstić information content (AvgIpc) is 3.58. The number of aromatic hydroxyl groups is 1. The molecule has 22 nitrogen and oxygen atoms in total. The third-order valence-electron chi connectivity index (χ3n) is 12.1. The second-order valence-electron chi connectivity index (χ2n) is 22.1. The van der Waals surface area contributed by atoms with E-state index < -0.39 is 11.2 Å². The van der Waals surface area contributed by atoms with E-state index in [0.717, 1.165) is 37.8 Å². The normalized spacial score (nSPS) is 13.9. The van der Waals surface area contributed by atoms with Gasteiger partial charge in [-0.15, -0.1) is 35.6 Å². The summed E-state index contributed by atoms with van der Waals surface area (Å²) in [6.45, 7) is 19.3. The molecule has 9 rings (SSSR count). The van der Waals surface area contributed by atoms with Gasteiger partial charge in [-0.1, -0.05) is 11.6 Å². The molecule has 3 aromatic carbocycles. The molecular weight excluding hydrogens is 1230 g/mol. The Kier molecular flexibility index (Phi) is 29.0. The van der Waals surface area contributed by atoms with Crippen LogP contribution >= 0.6 is 47.2 Å². The zero-order valence-corrected chi connectivity index (χ0v) is 54.8. The second-order valence-corrected chi connectivity index (χ2v) is 23.3. The molecule has 0 unspecified atom stereocenters. The zero-order valence-electron chi connectivity index (χ0n) is 51.7. The molecule has 0 atom stereocenters. The van der Waals surface area contributed by atoms with E-state index in [1.807, 2.05) is 108 Å². The number of carbonyl (C=O) groups excluding carboxylic acids is 2. The Morgan fingerprint density at radius 3 is 1.14 bits per heavy atom. The van der Waals surface area contributed by atoms with Gasteiger partial charge in [-0.3, -0.25) is 0 Å². The van der Waals surface area contributed by atoms with E-state index in [1.54, 1.807) is 52.3 Å². The number of halogens is 7. The van der Waals surface area contributed by atoms with Gasteiger partial charge in [0.25, 0.3) is 0 Å². The van der Waals surface area contributed by atoms with Crippen molar-refractivity contribution in [3.05, 3.63) is 114 Å². The summed E-state index contributed by atoms with van der Waals surface area (Å²) in [5.74, 6) is 4.94. The van der Waals surface area contributed by atoms with Crippen molar-refractivity contribution < 1.29 is 46.8 Å². The highest BCUT2D eigenvalue weighted by Gasteiger charge is 2.29. The zero-order chi connectivity index (χ0) is 64.0. The van der Waals surface area contributed by atoms with Crippen molar-refractivity contribution >= 4 is 94.7 Å². The van der Waals surface area contributed by atoms with E-state index in [4.69, 9.17) is 58.9 Å². The smallest absolute Gasteiger partial charge is 0.410 e. The van der Waals surface area contributed by atoms with Gasteiger partial charge >= 0.3 is 12.2 Å². The van der Waals surface area contributed by atoms with Gasteiger partial charge in [0.2, 0.25) is 29.6 Å². The number of amides is 2. The lowest BCUT2D eigenvalue weighted by Crippen LogP contribution is -2.50. The van der Waals surface area contributed by atoms with Gasteiger partial charge in [-0.25, -0.2) is 27.7 Å². The summed E-state index contributed by atoms with van der Waals surface area (Å²) in [6.07, 6.45) is -0.594. The van der Waals surface area contributed by atoms with Crippen LogP contribution in [-0.4, -0.2) is 194 Å². The summed E-state index contributed by atoms with van der Waals surface area (Å²) in [5, 5.41) is 12.5. The van der Waals surface area contributed by atoms with E-state index in [2.05, 4.69) is 40.1 Å². The molecule has 3 fully saturated rings. The van der Waals surface area contributed by atoms with Crippen LogP contribution in [0.1, 0.15) is 41.5 Å². The van der Waals surface area contributed by atoms with Crippen LogP contribution in [0.4, 0.5) is 58.1 Å². The molecular formula is C59H80Cl4F3N15O7. The first-order chi connectivity index (χ1) is 41.1. The van der Waals surface area contributed by atoms with Crippen LogP contribution in [0.5, 0.6) is 29.0 Å². The van der Waals surface area contributed by atoms with Crippen molar-refractivity contribution in [3.63, 3.8) is 0 Å². The Bertz CT molecular complexity index is 3060. The van der Waals surface area contributed by atoms with Crippen LogP contribution in [0, 0.1) is 17.5 Å². The van der Waals surface area contributed by atoms with Crippen molar-refractivity contribution in [2.24, 2.45) is 0 Å². The number of hydrogen-bond acceptors (Lipinski definition) is 20. The predicted molar refractivity (Wildman–Crippen MR) is 344 cm³/mol. The fraction of sp³-hybridized carbons (Fsp3) is 0.458. The minimum Gasteiger partial charge on any atom is -0.508 e. The minimum atomic E-state index is -0.524. The molecule has 0 saturated carbocycles. The van der Waals surface area contributed by atoms with E-state index in [9.17, 15) is 22.8 Å². The number of anilines is 6. The van der Waals surface area contributed by atoms with Gasteiger partial charge in [0.05, 0.1) is 5.34 Å². The Balaban J connectivity index is 0.000000260. The van der Waals surface area contributed by atoms with Crippen LogP contribution in [-0.2, 0) is 9.47 Å². The Labute approximate surface area is 534 Å². The number of benzene rings is 3.